The summed E-state index contributed by atoms with van der Waals surface area (Å²) >= 11 is 7.59. The summed E-state index contributed by atoms with van der Waals surface area (Å²) in [5.74, 6) is -3.50. The van der Waals surface area contributed by atoms with E-state index in [1.54, 1.807) is 29.2 Å². The predicted octanol–water partition coefficient (Wildman–Crippen LogP) is 8.19. The number of ether oxygens (including phenoxy) is 2. The number of carbonyl (C=O) groups is 6. The van der Waals surface area contributed by atoms with E-state index < -0.39 is 82.5 Å². The highest BCUT2D eigenvalue weighted by Gasteiger charge is 2.49. The van der Waals surface area contributed by atoms with Gasteiger partial charge in [0.25, 0.3) is 37.6 Å². The number of piperidine rings is 1. The van der Waals surface area contributed by atoms with Crippen molar-refractivity contribution >= 4 is 101 Å². The summed E-state index contributed by atoms with van der Waals surface area (Å²) in [7, 11) is -11.1. The topological polar surface area (TPSA) is 253 Å². The largest absolute Gasteiger partial charge is 0.501 e. The normalized spacial score (nSPS) is 18.7. The van der Waals surface area contributed by atoms with Gasteiger partial charge in [0, 0.05) is 117 Å². The molecule has 5 aliphatic rings. The van der Waals surface area contributed by atoms with E-state index in [0.29, 0.717) is 69.0 Å². The van der Waals surface area contributed by atoms with Crippen molar-refractivity contribution in [2.24, 2.45) is 5.41 Å². The second kappa shape index (κ2) is 30.1. The van der Waals surface area contributed by atoms with Crippen LogP contribution in [0, 0.1) is 5.41 Å². The minimum absolute atomic E-state index is 0.00227. The Balaban J connectivity index is 0.695. The molecule has 3 fully saturated rings. The number of piperazine rings is 2. The SMILES string of the molecule is CC1(C)CCC(c2ccc(Cl)cc2)=C(CN2CCN(c3ccc(C(=O)NS(=O)(=O)c4ccc(N[C@H](CCN5CCN(C(=O)COCCOCCNc6cccc7c6C(=O)N([C@@H]6CCC(=O)NC6=O)C7=O)CC5)CSc5ccccc5)c(S(=O)(=O)C(F)(F)F)c4)cc3)CC2)C1. The Kier molecular flexibility index (Phi) is 22.3. The van der Waals surface area contributed by atoms with Crippen LogP contribution in [0.4, 0.5) is 30.2 Å². The number of sulfonamides is 1. The molecule has 0 bridgehead atoms. The van der Waals surface area contributed by atoms with Crippen LogP contribution in [-0.4, -0.2) is 194 Å². The van der Waals surface area contributed by atoms with Crippen LogP contribution in [0.5, 0.6) is 0 Å². The highest BCUT2D eigenvalue weighted by molar-refractivity contribution is 7.99. The lowest BCUT2D eigenvalue weighted by molar-refractivity contribution is -0.138. The Hall–Kier alpha value is -7.37. The molecule has 502 valence electrons. The molecule has 10 rings (SSSR count). The minimum Gasteiger partial charge on any atom is -0.382 e. The predicted molar refractivity (Wildman–Crippen MR) is 351 cm³/mol. The number of sulfone groups is 1. The van der Waals surface area contributed by atoms with Gasteiger partial charge in [0.15, 0.2) is 0 Å². The Morgan fingerprint density at radius 3 is 2.18 bits per heavy atom. The van der Waals surface area contributed by atoms with Crippen molar-refractivity contribution in [1.82, 2.24) is 29.6 Å². The summed E-state index contributed by atoms with van der Waals surface area (Å²) < 4.78 is 111. The Bertz CT molecular complexity index is 3890. The molecule has 4 N–H and O–H groups in total. The first kappa shape index (κ1) is 69.5. The molecule has 0 spiro atoms. The number of rotatable bonds is 26. The summed E-state index contributed by atoms with van der Waals surface area (Å²) in [6.07, 6.45) is 3.41. The van der Waals surface area contributed by atoms with Crippen molar-refractivity contribution in [3.8, 4) is 0 Å². The monoisotopic (exact) mass is 1370 g/mol. The zero-order chi connectivity index (χ0) is 67.0. The van der Waals surface area contributed by atoms with Gasteiger partial charge in [-0.1, -0.05) is 67.4 Å². The lowest BCUT2D eigenvalue weighted by atomic mass is 9.73. The molecule has 2 atom stereocenters. The fourth-order valence-corrected chi connectivity index (χ4v) is 15.4. The first-order valence-electron chi connectivity index (χ1n) is 31.1. The van der Waals surface area contributed by atoms with Gasteiger partial charge in [-0.15, -0.1) is 11.8 Å². The number of thioether (sulfide) groups is 1. The molecule has 4 heterocycles. The van der Waals surface area contributed by atoms with Crippen molar-refractivity contribution in [2.75, 3.05) is 120 Å². The number of hydrogen-bond donors (Lipinski definition) is 4. The number of benzene rings is 5. The maximum Gasteiger partial charge on any atom is 0.501 e. The molecule has 4 aliphatic heterocycles. The van der Waals surface area contributed by atoms with Crippen LogP contribution < -0.4 is 25.6 Å². The second-order valence-corrected chi connectivity index (χ2v) is 29.6. The van der Waals surface area contributed by atoms with Crippen LogP contribution in [0.2, 0.25) is 5.02 Å². The third kappa shape index (κ3) is 17.0. The van der Waals surface area contributed by atoms with E-state index in [-0.39, 0.29) is 79.6 Å². The molecule has 28 heteroatoms. The van der Waals surface area contributed by atoms with Gasteiger partial charge in [0.05, 0.1) is 41.5 Å². The van der Waals surface area contributed by atoms with Crippen LogP contribution in [0.25, 0.3) is 5.57 Å². The Morgan fingerprint density at radius 2 is 1.48 bits per heavy atom. The van der Waals surface area contributed by atoms with Crippen molar-refractivity contribution in [3.63, 3.8) is 0 Å². The Labute approximate surface area is 554 Å². The number of allylic oxidation sites excluding steroid dienone is 1. The maximum atomic E-state index is 14.5. The van der Waals surface area contributed by atoms with Gasteiger partial charge < -0.3 is 29.9 Å². The van der Waals surface area contributed by atoms with Crippen LogP contribution in [0.15, 0.2) is 136 Å². The molecule has 1 aliphatic carbocycles. The van der Waals surface area contributed by atoms with Crippen molar-refractivity contribution in [1.29, 1.82) is 0 Å². The molecule has 0 aromatic heterocycles. The van der Waals surface area contributed by atoms with Crippen molar-refractivity contribution in [2.45, 2.75) is 84.7 Å². The maximum absolute atomic E-state index is 14.5. The number of amides is 6. The van der Waals surface area contributed by atoms with Gasteiger partial charge in [-0.3, -0.25) is 48.8 Å². The van der Waals surface area contributed by atoms with E-state index in [1.807, 2.05) is 47.2 Å². The quantitative estimate of drug-likeness (QED) is 0.0231. The van der Waals surface area contributed by atoms with E-state index >= 15 is 0 Å². The van der Waals surface area contributed by atoms with Gasteiger partial charge in [-0.25, -0.2) is 21.6 Å². The van der Waals surface area contributed by atoms with E-state index in [9.17, 15) is 58.8 Å². The third-order valence-electron chi connectivity index (χ3n) is 17.4. The molecular weight excluding hydrogens is 1300 g/mol. The lowest BCUT2D eigenvalue weighted by Crippen LogP contribution is -2.54. The second-order valence-electron chi connectivity index (χ2n) is 24.5. The molecule has 3 saturated heterocycles. The standard InChI is InChI=1S/C66H75ClF3N9O12S3/c1-65(2)25-23-52(44-11-15-47(67)16-12-44)46(40-65)41-76-30-32-77(33-31-76)49-17-13-45(14-18-49)61(82)74-94(88,89)51-19-20-54(57(39-51)93(86,87)66(68,69)70)72-48(43-92-50-7-4-3-5-8-50)24-27-75-28-34-78(35-29-75)59(81)42-91-38-37-90-36-26-71-55-10-6-9-53-60(55)64(85)79(63(53)84)56-21-22-58(80)73-62(56)83/h3-20,39,48,56,71-72H,21-38,40-43H2,1-2H3,(H,74,82)(H,73,80,83)/t48-,56-/m1/s1. The van der Waals surface area contributed by atoms with Gasteiger partial charge in [-0.05, 0) is 128 Å². The van der Waals surface area contributed by atoms with Crippen LogP contribution in [0.1, 0.15) is 89.0 Å². The molecular formula is C66H75ClF3N9O12S3. The Morgan fingerprint density at radius 1 is 0.777 bits per heavy atom. The molecule has 0 unspecified atom stereocenters. The molecule has 5 aromatic rings. The third-order valence-corrected chi connectivity index (χ3v) is 21.7. The molecule has 5 aromatic carbocycles. The minimum atomic E-state index is -6.18. The number of nitrogens with one attached hydrogen (secondary N) is 4. The highest BCUT2D eigenvalue weighted by Crippen LogP contribution is 2.43. The summed E-state index contributed by atoms with van der Waals surface area (Å²) in [6.45, 7) is 10.8. The smallest absolute Gasteiger partial charge is 0.382 e. The van der Waals surface area contributed by atoms with Crippen molar-refractivity contribution < 1.29 is 68.2 Å². The number of anilines is 3. The molecule has 94 heavy (non-hydrogen) atoms. The van der Waals surface area contributed by atoms with Gasteiger partial charge >= 0.3 is 5.51 Å². The average molecular weight is 1380 g/mol. The van der Waals surface area contributed by atoms with E-state index in [0.717, 1.165) is 66.5 Å². The fourth-order valence-electron chi connectivity index (χ4n) is 12.3. The summed E-state index contributed by atoms with van der Waals surface area (Å²) in [5, 5.41) is 8.96. The number of imide groups is 2. The summed E-state index contributed by atoms with van der Waals surface area (Å²) in [4.78, 5) is 85.3. The average Bonchev–Trinajstić information content (AvgIpc) is 1.67. The number of fused-ring (bicyclic) bond motifs is 1. The first-order valence-corrected chi connectivity index (χ1v) is 35.4. The summed E-state index contributed by atoms with van der Waals surface area (Å²) in [6, 6.07) is 28.8. The molecule has 0 saturated carbocycles. The number of hydrogen-bond acceptors (Lipinski definition) is 18. The first-order chi connectivity index (χ1) is 44.8. The molecule has 0 radical (unpaired) electrons. The van der Waals surface area contributed by atoms with Crippen LogP contribution in [0.3, 0.4) is 0 Å². The van der Waals surface area contributed by atoms with Gasteiger partial charge in [0.1, 0.15) is 17.5 Å². The lowest BCUT2D eigenvalue weighted by Gasteiger charge is -2.39. The number of alkyl halides is 3. The van der Waals surface area contributed by atoms with Crippen LogP contribution in [-0.2, 0) is 43.7 Å². The zero-order valence-corrected chi connectivity index (χ0v) is 55.3. The van der Waals surface area contributed by atoms with E-state index in [2.05, 4.69) is 56.6 Å². The van der Waals surface area contributed by atoms with Crippen molar-refractivity contribution in [3.05, 3.63) is 148 Å². The highest BCUT2D eigenvalue weighted by atomic mass is 35.5. The van der Waals surface area contributed by atoms with Crippen LogP contribution >= 0.6 is 23.4 Å². The number of carbonyl (C=O) groups excluding carboxylic acids is 6. The summed E-state index contributed by atoms with van der Waals surface area (Å²) in [5.41, 5.74) is -0.717. The van der Waals surface area contributed by atoms with Gasteiger partial charge in [0.2, 0.25) is 17.7 Å². The van der Waals surface area contributed by atoms with E-state index in [1.165, 1.54) is 46.7 Å². The zero-order valence-electron chi connectivity index (χ0n) is 52.1. The number of nitrogens with zero attached hydrogens (tertiary/aromatic N) is 5. The molecule has 6 amide bonds. The number of halogens is 4. The molecule has 21 nitrogen and oxygen atoms in total. The van der Waals surface area contributed by atoms with Gasteiger partial charge in [-0.2, -0.15) is 13.2 Å². The fraction of sp³-hybridized carbons (Fsp3) is 0.424. The van der Waals surface area contributed by atoms with E-state index in [4.69, 9.17) is 21.1 Å².